The maximum absolute atomic E-state index is 11.9. The standard InChI is InChI=1S/C26H54N2O4/c1-4-6-7-8-9-10-11-12-13-14-15-17-22(29)20-24(30)23(27)18-16-19-32-26(31)25(28)21(3)5-2/h21-25,29-30H,4-20,27-28H2,1-3H3. The molecular formula is C26H54N2O4. The van der Waals surface area contributed by atoms with E-state index in [0.717, 1.165) is 19.3 Å². The van der Waals surface area contributed by atoms with Crippen LogP contribution in [0.25, 0.3) is 0 Å². The van der Waals surface area contributed by atoms with Crippen molar-refractivity contribution in [3.8, 4) is 0 Å². The summed E-state index contributed by atoms with van der Waals surface area (Å²) < 4.78 is 5.21. The number of aliphatic hydroxyl groups excluding tert-OH is 2. The molecule has 0 aliphatic heterocycles. The lowest BCUT2D eigenvalue weighted by Gasteiger charge is -2.22. The highest BCUT2D eigenvalue weighted by atomic mass is 16.5. The second kappa shape index (κ2) is 20.9. The van der Waals surface area contributed by atoms with Crippen LogP contribution in [0.3, 0.4) is 0 Å². The number of esters is 1. The predicted molar refractivity (Wildman–Crippen MR) is 133 cm³/mol. The van der Waals surface area contributed by atoms with Crippen LogP contribution >= 0.6 is 0 Å². The topological polar surface area (TPSA) is 119 Å². The van der Waals surface area contributed by atoms with Gasteiger partial charge in [0.1, 0.15) is 6.04 Å². The molecule has 6 heteroatoms. The fourth-order valence-corrected chi connectivity index (χ4v) is 3.88. The molecule has 0 aromatic rings. The molecular weight excluding hydrogens is 404 g/mol. The highest BCUT2D eigenvalue weighted by molar-refractivity contribution is 5.75. The molecule has 0 heterocycles. The van der Waals surface area contributed by atoms with Crippen molar-refractivity contribution in [2.24, 2.45) is 17.4 Å². The lowest BCUT2D eigenvalue weighted by atomic mass is 9.97. The predicted octanol–water partition coefficient (Wildman–Crippen LogP) is 4.82. The number of ether oxygens (including phenoxy) is 1. The van der Waals surface area contributed by atoms with Crippen molar-refractivity contribution < 1.29 is 19.7 Å². The van der Waals surface area contributed by atoms with E-state index >= 15 is 0 Å². The fraction of sp³-hybridized carbons (Fsp3) is 0.962. The molecule has 6 N–H and O–H groups in total. The van der Waals surface area contributed by atoms with Gasteiger partial charge in [0.05, 0.1) is 18.8 Å². The molecule has 0 amide bonds. The van der Waals surface area contributed by atoms with Crippen LogP contribution in [0.4, 0.5) is 0 Å². The zero-order valence-corrected chi connectivity index (χ0v) is 21.3. The summed E-state index contributed by atoms with van der Waals surface area (Å²) in [5.74, 6) is -0.288. The molecule has 0 saturated carbocycles. The van der Waals surface area contributed by atoms with Crippen molar-refractivity contribution in [2.45, 2.75) is 148 Å². The molecule has 0 saturated heterocycles. The summed E-state index contributed by atoms with van der Waals surface area (Å²) in [6, 6.07) is -1.02. The Labute approximate surface area is 197 Å². The summed E-state index contributed by atoms with van der Waals surface area (Å²) in [6.45, 7) is 6.43. The molecule has 0 aromatic heterocycles. The Bertz CT molecular complexity index is 436. The minimum atomic E-state index is -0.740. The lowest BCUT2D eigenvalue weighted by Crippen LogP contribution is -2.39. The summed E-state index contributed by atoms with van der Waals surface area (Å²) in [5, 5.41) is 20.4. The van der Waals surface area contributed by atoms with E-state index in [-0.39, 0.29) is 18.5 Å². The molecule has 5 unspecified atom stereocenters. The maximum atomic E-state index is 11.9. The highest BCUT2D eigenvalue weighted by Gasteiger charge is 2.22. The van der Waals surface area contributed by atoms with Crippen molar-refractivity contribution >= 4 is 5.97 Å². The molecule has 0 rings (SSSR count). The number of aliphatic hydroxyl groups is 2. The minimum Gasteiger partial charge on any atom is -0.465 e. The van der Waals surface area contributed by atoms with Gasteiger partial charge in [-0.1, -0.05) is 97.8 Å². The normalized spacial score (nSPS) is 16.3. The van der Waals surface area contributed by atoms with Crippen molar-refractivity contribution in [2.75, 3.05) is 6.61 Å². The molecule has 192 valence electrons. The number of hydrogen-bond acceptors (Lipinski definition) is 6. The average Bonchev–Trinajstić information content (AvgIpc) is 2.78. The van der Waals surface area contributed by atoms with Gasteiger partial charge in [0.2, 0.25) is 0 Å². The van der Waals surface area contributed by atoms with E-state index in [0.29, 0.717) is 25.7 Å². The molecule has 5 atom stereocenters. The third kappa shape index (κ3) is 16.9. The van der Waals surface area contributed by atoms with Crippen molar-refractivity contribution in [1.82, 2.24) is 0 Å². The van der Waals surface area contributed by atoms with Crippen molar-refractivity contribution in [3.63, 3.8) is 0 Å². The van der Waals surface area contributed by atoms with Crippen LogP contribution in [0.15, 0.2) is 0 Å². The Balaban J connectivity index is 3.68. The first-order valence-electron chi connectivity index (χ1n) is 13.4. The van der Waals surface area contributed by atoms with Crippen molar-refractivity contribution in [1.29, 1.82) is 0 Å². The minimum absolute atomic E-state index is 0.0911. The van der Waals surface area contributed by atoms with Gasteiger partial charge in [-0.15, -0.1) is 0 Å². The van der Waals surface area contributed by atoms with E-state index < -0.39 is 24.3 Å². The largest absolute Gasteiger partial charge is 0.465 e. The first-order valence-corrected chi connectivity index (χ1v) is 13.4. The molecule has 0 fully saturated rings. The van der Waals surface area contributed by atoms with E-state index in [2.05, 4.69) is 6.92 Å². The Hall–Kier alpha value is -0.690. The van der Waals surface area contributed by atoms with Gasteiger partial charge >= 0.3 is 5.97 Å². The highest BCUT2D eigenvalue weighted by Crippen LogP contribution is 2.15. The van der Waals surface area contributed by atoms with Gasteiger partial charge in [-0.2, -0.15) is 0 Å². The molecule has 0 aliphatic rings. The Kier molecular flexibility index (Phi) is 20.4. The molecule has 0 aliphatic carbocycles. The molecule has 0 aromatic carbocycles. The molecule has 0 spiro atoms. The SMILES string of the molecule is CCCCCCCCCCCCCC(O)CC(O)C(N)CCCOC(=O)C(N)C(C)CC. The smallest absolute Gasteiger partial charge is 0.323 e. The summed E-state index contributed by atoms with van der Waals surface area (Å²) in [5.41, 5.74) is 11.9. The number of hydrogen-bond donors (Lipinski definition) is 4. The van der Waals surface area contributed by atoms with Crippen LogP contribution in [0.5, 0.6) is 0 Å². The first kappa shape index (κ1) is 31.3. The Morgan fingerprint density at radius 2 is 1.34 bits per heavy atom. The Morgan fingerprint density at radius 1 is 0.812 bits per heavy atom. The number of unbranched alkanes of at least 4 members (excludes halogenated alkanes) is 10. The summed E-state index contributed by atoms with van der Waals surface area (Å²) >= 11 is 0. The van der Waals surface area contributed by atoms with Crippen LogP contribution < -0.4 is 11.5 Å². The summed E-state index contributed by atoms with van der Waals surface area (Å²) in [6.07, 6.45) is 15.8. The number of nitrogens with two attached hydrogens (primary N) is 2. The van der Waals surface area contributed by atoms with Crippen LogP contribution in [-0.4, -0.2) is 47.1 Å². The molecule has 6 nitrogen and oxygen atoms in total. The van der Waals surface area contributed by atoms with E-state index in [1.165, 1.54) is 57.8 Å². The van der Waals surface area contributed by atoms with Crippen LogP contribution in [0.1, 0.15) is 124 Å². The monoisotopic (exact) mass is 458 g/mol. The van der Waals surface area contributed by atoms with Crippen LogP contribution in [-0.2, 0) is 9.53 Å². The van der Waals surface area contributed by atoms with Crippen molar-refractivity contribution in [3.05, 3.63) is 0 Å². The van der Waals surface area contributed by atoms with Gasteiger partial charge in [-0.25, -0.2) is 0 Å². The maximum Gasteiger partial charge on any atom is 0.323 e. The van der Waals surface area contributed by atoms with Gasteiger partial charge in [0.15, 0.2) is 0 Å². The third-order valence-corrected chi connectivity index (χ3v) is 6.60. The third-order valence-electron chi connectivity index (χ3n) is 6.60. The summed E-state index contributed by atoms with van der Waals surface area (Å²) in [4.78, 5) is 11.9. The number of rotatable bonds is 22. The van der Waals surface area contributed by atoms with Gasteiger partial charge in [-0.05, 0) is 25.2 Å². The molecule has 0 radical (unpaired) electrons. The second-order valence-corrected chi connectivity index (χ2v) is 9.67. The van der Waals surface area contributed by atoms with Crippen LogP contribution in [0.2, 0.25) is 0 Å². The fourth-order valence-electron chi connectivity index (χ4n) is 3.88. The zero-order valence-electron chi connectivity index (χ0n) is 21.3. The Morgan fingerprint density at radius 3 is 1.88 bits per heavy atom. The van der Waals surface area contributed by atoms with Gasteiger partial charge in [0, 0.05) is 12.5 Å². The van der Waals surface area contributed by atoms with E-state index in [9.17, 15) is 15.0 Å². The van der Waals surface area contributed by atoms with E-state index in [1.807, 2.05) is 13.8 Å². The quantitative estimate of drug-likeness (QED) is 0.136. The summed E-state index contributed by atoms with van der Waals surface area (Å²) in [7, 11) is 0. The number of carbonyl (C=O) groups excluding carboxylic acids is 1. The average molecular weight is 459 g/mol. The van der Waals surface area contributed by atoms with Gasteiger partial charge in [-0.3, -0.25) is 4.79 Å². The van der Waals surface area contributed by atoms with E-state index in [1.54, 1.807) is 0 Å². The number of carbonyl (C=O) groups is 1. The van der Waals surface area contributed by atoms with Gasteiger partial charge < -0.3 is 26.4 Å². The first-order chi connectivity index (χ1) is 15.3. The lowest BCUT2D eigenvalue weighted by molar-refractivity contribution is -0.146. The van der Waals surface area contributed by atoms with E-state index in [4.69, 9.17) is 16.2 Å². The zero-order chi connectivity index (χ0) is 24.2. The van der Waals surface area contributed by atoms with Crippen LogP contribution in [0, 0.1) is 5.92 Å². The molecule has 32 heavy (non-hydrogen) atoms. The molecule has 0 bridgehead atoms. The second-order valence-electron chi connectivity index (χ2n) is 9.67. The van der Waals surface area contributed by atoms with Gasteiger partial charge in [0.25, 0.3) is 0 Å².